The van der Waals surface area contributed by atoms with Gasteiger partial charge in [-0.3, -0.25) is 0 Å². The van der Waals surface area contributed by atoms with Gasteiger partial charge in [-0.05, 0) is 31.0 Å². The summed E-state index contributed by atoms with van der Waals surface area (Å²) in [5.41, 5.74) is 2.11. The van der Waals surface area contributed by atoms with Crippen LogP contribution in [-0.4, -0.2) is 28.1 Å². The van der Waals surface area contributed by atoms with Crippen molar-refractivity contribution in [2.75, 3.05) is 13.2 Å². The highest BCUT2D eigenvalue weighted by molar-refractivity contribution is 5.31. The quantitative estimate of drug-likeness (QED) is 0.810. The first-order valence-electron chi connectivity index (χ1n) is 7.43. The van der Waals surface area contributed by atoms with E-state index in [2.05, 4.69) is 29.5 Å². The second kappa shape index (κ2) is 7.78. The number of para-hydroxylation sites is 1. The van der Waals surface area contributed by atoms with Crippen LogP contribution in [-0.2, 0) is 13.1 Å². The number of aromatic nitrogens is 3. The fourth-order valence-corrected chi connectivity index (χ4v) is 1.99. The molecule has 2 aromatic rings. The van der Waals surface area contributed by atoms with Crippen molar-refractivity contribution in [2.24, 2.45) is 5.92 Å². The number of nitrogens with zero attached hydrogens (tertiary/aromatic N) is 3. The maximum Gasteiger partial charge on any atom is 0.122 e. The number of hydrogen-bond donors (Lipinski definition) is 1. The molecule has 0 saturated heterocycles. The Kier molecular flexibility index (Phi) is 5.75. The van der Waals surface area contributed by atoms with Crippen LogP contribution < -0.4 is 10.1 Å². The summed E-state index contributed by atoms with van der Waals surface area (Å²) in [4.78, 5) is 0. The van der Waals surface area contributed by atoms with Crippen LogP contribution in [0.4, 0.5) is 0 Å². The van der Waals surface area contributed by atoms with Crippen LogP contribution >= 0.6 is 0 Å². The zero-order valence-electron chi connectivity index (χ0n) is 13.0. The van der Waals surface area contributed by atoms with E-state index in [-0.39, 0.29) is 0 Å². The summed E-state index contributed by atoms with van der Waals surface area (Å²) in [6, 6.07) is 8.02. The lowest BCUT2D eigenvalue weighted by Gasteiger charge is -2.08. The summed E-state index contributed by atoms with van der Waals surface area (Å²) >= 11 is 0. The lowest BCUT2D eigenvalue weighted by molar-refractivity contribution is 0.288. The number of nitrogens with one attached hydrogen (secondary N) is 1. The Bertz CT molecular complexity index is 551. The highest BCUT2D eigenvalue weighted by Crippen LogP contribution is 2.15. The van der Waals surface area contributed by atoms with Crippen LogP contribution in [0.1, 0.15) is 25.1 Å². The Labute approximate surface area is 126 Å². The molecule has 0 bridgehead atoms. The molecule has 1 aromatic carbocycles. The maximum atomic E-state index is 5.76. The van der Waals surface area contributed by atoms with Gasteiger partial charge in [0.25, 0.3) is 0 Å². The van der Waals surface area contributed by atoms with Gasteiger partial charge < -0.3 is 10.1 Å². The van der Waals surface area contributed by atoms with Crippen LogP contribution in [0.25, 0.3) is 0 Å². The van der Waals surface area contributed by atoms with Crippen molar-refractivity contribution in [3.63, 3.8) is 0 Å². The minimum absolute atomic E-state index is 0.590. The molecule has 0 radical (unpaired) electrons. The van der Waals surface area contributed by atoms with Gasteiger partial charge in [-0.15, -0.1) is 5.10 Å². The number of rotatable bonds is 8. The lowest BCUT2D eigenvalue weighted by Crippen LogP contribution is -2.19. The monoisotopic (exact) mass is 288 g/mol. The maximum absolute atomic E-state index is 5.76. The molecule has 1 heterocycles. The topological polar surface area (TPSA) is 52.0 Å². The Morgan fingerprint density at radius 2 is 2.10 bits per heavy atom. The van der Waals surface area contributed by atoms with Crippen molar-refractivity contribution < 1.29 is 4.74 Å². The molecule has 0 spiro atoms. The third kappa shape index (κ3) is 5.19. The van der Waals surface area contributed by atoms with Gasteiger partial charge in [0.1, 0.15) is 12.4 Å². The molecule has 0 amide bonds. The summed E-state index contributed by atoms with van der Waals surface area (Å²) in [6.45, 7) is 9.46. The van der Waals surface area contributed by atoms with Gasteiger partial charge >= 0.3 is 0 Å². The molecule has 5 heteroatoms. The highest BCUT2D eigenvalue weighted by Gasteiger charge is 2.02. The average Bonchev–Trinajstić information content (AvgIpc) is 2.88. The minimum Gasteiger partial charge on any atom is -0.491 e. The van der Waals surface area contributed by atoms with Gasteiger partial charge in [-0.25, -0.2) is 4.68 Å². The van der Waals surface area contributed by atoms with Crippen molar-refractivity contribution in [1.29, 1.82) is 0 Å². The molecular formula is C16H24N4O. The van der Waals surface area contributed by atoms with Gasteiger partial charge in [0.15, 0.2) is 0 Å². The Hall–Kier alpha value is -1.88. The summed E-state index contributed by atoms with van der Waals surface area (Å²) in [7, 11) is 0. The predicted octanol–water partition coefficient (Wildman–Crippen LogP) is 2.41. The van der Waals surface area contributed by atoms with Crippen LogP contribution in [0, 0.1) is 12.8 Å². The Balaban J connectivity index is 1.74. The fourth-order valence-electron chi connectivity index (χ4n) is 1.99. The first kappa shape index (κ1) is 15.5. The first-order chi connectivity index (χ1) is 10.1. The van der Waals surface area contributed by atoms with Gasteiger partial charge in [-0.2, -0.15) is 0 Å². The molecule has 0 unspecified atom stereocenters. The fraction of sp³-hybridized carbons (Fsp3) is 0.500. The Morgan fingerprint density at radius 1 is 1.29 bits per heavy atom. The average molecular weight is 288 g/mol. The van der Waals surface area contributed by atoms with E-state index in [1.165, 1.54) is 0 Å². The van der Waals surface area contributed by atoms with Crippen LogP contribution in [0.3, 0.4) is 0 Å². The van der Waals surface area contributed by atoms with Crippen molar-refractivity contribution in [2.45, 2.75) is 33.9 Å². The van der Waals surface area contributed by atoms with E-state index in [0.29, 0.717) is 19.1 Å². The molecular weight excluding hydrogens is 264 g/mol. The molecule has 0 aliphatic heterocycles. The van der Waals surface area contributed by atoms with E-state index in [9.17, 15) is 0 Å². The molecule has 0 atom stereocenters. The van der Waals surface area contributed by atoms with E-state index >= 15 is 0 Å². The second-order valence-electron chi connectivity index (χ2n) is 5.61. The van der Waals surface area contributed by atoms with Gasteiger partial charge in [0.2, 0.25) is 0 Å². The van der Waals surface area contributed by atoms with Crippen molar-refractivity contribution >= 4 is 0 Å². The second-order valence-corrected chi connectivity index (χ2v) is 5.61. The zero-order chi connectivity index (χ0) is 15.1. The smallest absolute Gasteiger partial charge is 0.122 e. The third-order valence-electron chi connectivity index (χ3n) is 3.12. The van der Waals surface area contributed by atoms with Crippen molar-refractivity contribution in [3.05, 3.63) is 41.7 Å². The lowest BCUT2D eigenvalue weighted by atomic mass is 10.2. The molecule has 114 valence electrons. The molecule has 0 fully saturated rings. The van der Waals surface area contributed by atoms with Crippen LogP contribution in [0.5, 0.6) is 5.75 Å². The summed E-state index contributed by atoms with van der Waals surface area (Å²) in [5.74, 6) is 1.57. The van der Waals surface area contributed by atoms with Crippen LogP contribution in [0.2, 0.25) is 0 Å². The number of hydrogen-bond acceptors (Lipinski definition) is 4. The highest BCUT2D eigenvalue weighted by atomic mass is 16.5. The molecule has 0 aliphatic carbocycles. The zero-order valence-corrected chi connectivity index (χ0v) is 13.0. The summed E-state index contributed by atoms with van der Waals surface area (Å²) in [5, 5.41) is 11.6. The number of benzene rings is 1. The van der Waals surface area contributed by atoms with E-state index in [1.54, 1.807) is 0 Å². The summed E-state index contributed by atoms with van der Waals surface area (Å²) < 4.78 is 7.58. The predicted molar refractivity (Wildman–Crippen MR) is 83.2 cm³/mol. The van der Waals surface area contributed by atoms with Gasteiger partial charge in [-0.1, -0.05) is 37.3 Å². The van der Waals surface area contributed by atoms with E-state index in [4.69, 9.17) is 4.74 Å². The largest absolute Gasteiger partial charge is 0.491 e. The molecule has 5 nitrogen and oxygen atoms in total. The molecule has 0 saturated carbocycles. The number of ether oxygens (including phenoxy) is 1. The minimum atomic E-state index is 0.590. The summed E-state index contributed by atoms with van der Waals surface area (Å²) in [6.07, 6.45) is 1.97. The van der Waals surface area contributed by atoms with Crippen molar-refractivity contribution in [3.8, 4) is 5.75 Å². The third-order valence-corrected chi connectivity index (χ3v) is 3.12. The van der Waals surface area contributed by atoms with E-state index in [0.717, 1.165) is 30.1 Å². The first-order valence-corrected chi connectivity index (χ1v) is 7.43. The molecule has 1 aromatic heterocycles. The normalized spacial score (nSPS) is 11.0. The SMILES string of the molecule is Cc1ccccc1OCCn1cc(CNCC(C)C)nn1. The van der Waals surface area contributed by atoms with E-state index < -0.39 is 0 Å². The van der Waals surface area contributed by atoms with Crippen LogP contribution in [0.15, 0.2) is 30.5 Å². The van der Waals surface area contributed by atoms with E-state index in [1.807, 2.05) is 42.1 Å². The molecule has 0 aliphatic rings. The molecule has 21 heavy (non-hydrogen) atoms. The number of aryl methyl sites for hydroxylation is 1. The standard InChI is InChI=1S/C16H24N4O/c1-13(2)10-17-11-15-12-20(19-18-15)8-9-21-16-7-5-4-6-14(16)3/h4-7,12-13,17H,8-11H2,1-3H3. The van der Waals surface area contributed by atoms with Gasteiger partial charge in [0, 0.05) is 12.7 Å². The molecule has 1 N–H and O–H groups in total. The molecule has 2 rings (SSSR count). The van der Waals surface area contributed by atoms with Crippen molar-refractivity contribution in [1.82, 2.24) is 20.3 Å². The Morgan fingerprint density at radius 3 is 2.86 bits per heavy atom. The van der Waals surface area contributed by atoms with Gasteiger partial charge in [0.05, 0.1) is 12.2 Å².